The molecule has 0 radical (unpaired) electrons. The minimum Gasteiger partial charge on any atom is -0.465 e. The lowest BCUT2D eigenvalue weighted by Gasteiger charge is -2.28. The number of amides is 1. The summed E-state index contributed by atoms with van der Waals surface area (Å²) in [5, 5.41) is 6.17. The van der Waals surface area contributed by atoms with Gasteiger partial charge in [-0.3, -0.25) is 4.79 Å². The average Bonchev–Trinajstić information content (AvgIpc) is 2.78. The maximum absolute atomic E-state index is 12.5. The Morgan fingerprint density at radius 1 is 1.00 bits per heavy atom. The number of anilines is 2. The van der Waals surface area contributed by atoms with Crippen molar-refractivity contribution < 1.29 is 14.3 Å². The third-order valence-electron chi connectivity index (χ3n) is 5.24. The van der Waals surface area contributed by atoms with Gasteiger partial charge in [-0.05, 0) is 68.1 Å². The summed E-state index contributed by atoms with van der Waals surface area (Å²) >= 11 is 0. The number of carbonyl (C=O) groups is 2. The molecule has 29 heavy (non-hydrogen) atoms. The highest BCUT2D eigenvalue weighted by molar-refractivity contribution is 5.94. The van der Waals surface area contributed by atoms with E-state index in [4.69, 9.17) is 4.74 Å². The number of methoxy groups -OCH3 is 1. The van der Waals surface area contributed by atoms with Crippen molar-refractivity contribution in [3.8, 4) is 0 Å². The number of nitrogens with one attached hydrogen (secondary N) is 2. The Morgan fingerprint density at radius 2 is 1.66 bits per heavy atom. The van der Waals surface area contributed by atoms with Crippen molar-refractivity contribution in [2.24, 2.45) is 0 Å². The molecule has 2 aromatic rings. The first kappa shape index (κ1) is 20.9. The van der Waals surface area contributed by atoms with Crippen molar-refractivity contribution in [1.29, 1.82) is 0 Å². The Balaban J connectivity index is 1.48. The zero-order chi connectivity index (χ0) is 20.6. The Bertz CT molecular complexity index is 812. The van der Waals surface area contributed by atoms with Crippen LogP contribution in [0.4, 0.5) is 11.4 Å². The molecule has 0 spiro atoms. The van der Waals surface area contributed by atoms with Gasteiger partial charge in [-0.1, -0.05) is 12.1 Å². The van der Waals surface area contributed by atoms with Gasteiger partial charge in [0, 0.05) is 31.0 Å². The summed E-state index contributed by atoms with van der Waals surface area (Å²) in [6.45, 7) is 4.57. The molecule has 1 amide bonds. The SMILES string of the molecule is COC(=O)c1ccc(CNC(C)C(=O)Nc2ccc(N3CCCCC3)cc2)cc1. The Morgan fingerprint density at radius 3 is 2.28 bits per heavy atom. The zero-order valence-corrected chi connectivity index (χ0v) is 17.1. The smallest absolute Gasteiger partial charge is 0.337 e. The van der Waals surface area contributed by atoms with Crippen LogP contribution in [0.1, 0.15) is 42.1 Å². The molecule has 1 saturated heterocycles. The molecular weight excluding hydrogens is 366 g/mol. The van der Waals surface area contributed by atoms with E-state index in [-0.39, 0.29) is 17.9 Å². The summed E-state index contributed by atoms with van der Waals surface area (Å²) in [6.07, 6.45) is 3.80. The topological polar surface area (TPSA) is 70.7 Å². The second-order valence-electron chi connectivity index (χ2n) is 7.37. The number of hydrogen-bond donors (Lipinski definition) is 2. The van der Waals surface area contributed by atoms with Gasteiger partial charge in [0.15, 0.2) is 0 Å². The van der Waals surface area contributed by atoms with Crippen LogP contribution < -0.4 is 15.5 Å². The van der Waals surface area contributed by atoms with E-state index in [9.17, 15) is 9.59 Å². The lowest BCUT2D eigenvalue weighted by Crippen LogP contribution is -2.37. The molecule has 0 aromatic heterocycles. The van der Waals surface area contributed by atoms with E-state index in [1.807, 2.05) is 31.2 Å². The fraction of sp³-hybridized carbons (Fsp3) is 0.391. The summed E-state index contributed by atoms with van der Waals surface area (Å²) in [5.74, 6) is -0.439. The van der Waals surface area contributed by atoms with E-state index < -0.39 is 0 Å². The summed E-state index contributed by atoms with van der Waals surface area (Å²) in [6, 6.07) is 14.8. The maximum Gasteiger partial charge on any atom is 0.337 e. The molecule has 6 nitrogen and oxygen atoms in total. The predicted molar refractivity (Wildman–Crippen MR) is 115 cm³/mol. The van der Waals surface area contributed by atoms with E-state index in [0.29, 0.717) is 12.1 Å². The predicted octanol–water partition coefficient (Wildman–Crippen LogP) is 3.58. The number of rotatable bonds is 7. The van der Waals surface area contributed by atoms with Gasteiger partial charge in [-0.25, -0.2) is 4.79 Å². The van der Waals surface area contributed by atoms with Crippen LogP contribution >= 0.6 is 0 Å². The standard InChI is InChI=1S/C23H29N3O3/c1-17(24-16-18-6-8-19(9-7-18)23(28)29-2)22(27)25-20-10-12-21(13-11-20)26-14-4-3-5-15-26/h6-13,17,24H,3-5,14-16H2,1-2H3,(H,25,27). The van der Waals surface area contributed by atoms with Gasteiger partial charge in [0.2, 0.25) is 5.91 Å². The van der Waals surface area contributed by atoms with Crippen LogP contribution in [0.25, 0.3) is 0 Å². The normalized spacial score (nSPS) is 14.9. The van der Waals surface area contributed by atoms with Crippen molar-refractivity contribution in [3.05, 3.63) is 59.7 Å². The van der Waals surface area contributed by atoms with E-state index in [1.165, 1.54) is 32.1 Å². The summed E-state index contributed by atoms with van der Waals surface area (Å²) in [5.41, 5.74) is 3.51. The molecule has 1 aliphatic rings. The summed E-state index contributed by atoms with van der Waals surface area (Å²) in [7, 11) is 1.36. The molecule has 2 N–H and O–H groups in total. The second-order valence-corrected chi connectivity index (χ2v) is 7.37. The molecule has 1 fully saturated rings. The minimum absolute atomic E-state index is 0.0816. The second kappa shape index (κ2) is 10.1. The Kier molecular flexibility index (Phi) is 7.25. The third kappa shape index (κ3) is 5.81. The van der Waals surface area contributed by atoms with Gasteiger partial charge in [0.25, 0.3) is 0 Å². The van der Waals surface area contributed by atoms with Gasteiger partial charge in [-0.2, -0.15) is 0 Å². The number of carbonyl (C=O) groups excluding carboxylic acids is 2. The molecule has 0 saturated carbocycles. The zero-order valence-electron chi connectivity index (χ0n) is 17.1. The number of nitrogens with zero attached hydrogens (tertiary/aromatic N) is 1. The van der Waals surface area contributed by atoms with E-state index in [1.54, 1.807) is 12.1 Å². The van der Waals surface area contributed by atoms with Crippen LogP contribution in [-0.4, -0.2) is 38.1 Å². The molecule has 2 aromatic carbocycles. The van der Waals surface area contributed by atoms with E-state index in [0.717, 1.165) is 24.3 Å². The molecule has 0 bridgehead atoms. The van der Waals surface area contributed by atoms with Crippen LogP contribution in [-0.2, 0) is 16.1 Å². The molecule has 1 atom stereocenters. The Hall–Kier alpha value is -2.86. The fourth-order valence-electron chi connectivity index (χ4n) is 3.40. The maximum atomic E-state index is 12.5. The van der Waals surface area contributed by atoms with Crippen LogP contribution in [0.3, 0.4) is 0 Å². The van der Waals surface area contributed by atoms with Gasteiger partial charge < -0.3 is 20.3 Å². The van der Waals surface area contributed by atoms with Crippen molar-refractivity contribution in [3.63, 3.8) is 0 Å². The molecular formula is C23H29N3O3. The van der Waals surface area contributed by atoms with Gasteiger partial charge in [0.1, 0.15) is 0 Å². The van der Waals surface area contributed by atoms with Crippen molar-refractivity contribution in [2.45, 2.75) is 38.8 Å². The molecule has 154 valence electrons. The first-order chi connectivity index (χ1) is 14.1. The number of hydrogen-bond acceptors (Lipinski definition) is 5. The van der Waals surface area contributed by atoms with E-state index >= 15 is 0 Å². The van der Waals surface area contributed by atoms with Gasteiger partial charge in [-0.15, -0.1) is 0 Å². The van der Waals surface area contributed by atoms with Crippen LogP contribution in [0.5, 0.6) is 0 Å². The van der Waals surface area contributed by atoms with Gasteiger partial charge in [0.05, 0.1) is 18.7 Å². The summed E-state index contributed by atoms with van der Waals surface area (Å²) in [4.78, 5) is 26.3. The first-order valence-electron chi connectivity index (χ1n) is 10.1. The summed E-state index contributed by atoms with van der Waals surface area (Å²) < 4.78 is 4.69. The molecule has 1 unspecified atom stereocenters. The van der Waals surface area contributed by atoms with Gasteiger partial charge >= 0.3 is 5.97 Å². The quantitative estimate of drug-likeness (QED) is 0.701. The largest absolute Gasteiger partial charge is 0.465 e. The van der Waals surface area contributed by atoms with Crippen molar-refractivity contribution in [2.75, 3.05) is 30.4 Å². The molecule has 1 aliphatic heterocycles. The fourth-order valence-corrected chi connectivity index (χ4v) is 3.40. The molecule has 0 aliphatic carbocycles. The third-order valence-corrected chi connectivity index (χ3v) is 5.24. The lowest BCUT2D eigenvalue weighted by molar-refractivity contribution is -0.117. The number of benzene rings is 2. The average molecular weight is 396 g/mol. The molecule has 6 heteroatoms. The van der Waals surface area contributed by atoms with Crippen LogP contribution in [0.15, 0.2) is 48.5 Å². The Labute approximate surface area is 172 Å². The molecule has 3 rings (SSSR count). The molecule has 1 heterocycles. The highest BCUT2D eigenvalue weighted by atomic mass is 16.5. The lowest BCUT2D eigenvalue weighted by atomic mass is 10.1. The first-order valence-corrected chi connectivity index (χ1v) is 10.1. The van der Waals surface area contributed by atoms with Crippen molar-refractivity contribution in [1.82, 2.24) is 5.32 Å². The number of piperidine rings is 1. The number of esters is 1. The van der Waals surface area contributed by atoms with E-state index in [2.05, 4.69) is 27.7 Å². The monoisotopic (exact) mass is 395 g/mol. The number of ether oxygens (including phenoxy) is 1. The highest BCUT2D eigenvalue weighted by Gasteiger charge is 2.14. The van der Waals surface area contributed by atoms with Crippen molar-refractivity contribution >= 4 is 23.3 Å². The van der Waals surface area contributed by atoms with Crippen LogP contribution in [0.2, 0.25) is 0 Å². The van der Waals surface area contributed by atoms with Crippen LogP contribution in [0, 0.1) is 0 Å². The highest BCUT2D eigenvalue weighted by Crippen LogP contribution is 2.21. The minimum atomic E-state index is -0.358.